The fraction of sp³-hybridized carbons (Fsp3) is 0.625. The third-order valence-corrected chi connectivity index (χ3v) is 6.57. The van der Waals surface area contributed by atoms with Gasteiger partial charge in [0.15, 0.2) is 5.82 Å². The van der Waals surface area contributed by atoms with Crippen LogP contribution in [0.1, 0.15) is 64.5 Å². The van der Waals surface area contributed by atoms with Gasteiger partial charge in [0.1, 0.15) is 30.6 Å². The highest BCUT2D eigenvalue weighted by molar-refractivity contribution is 5.92. The number of nitrogens with zero attached hydrogens (tertiary/aromatic N) is 4. The minimum atomic E-state index is -1.71. The molecule has 188 valence electrons. The summed E-state index contributed by atoms with van der Waals surface area (Å²) in [5.41, 5.74) is -0.971. The van der Waals surface area contributed by atoms with Crippen LogP contribution in [0.25, 0.3) is 5.52 Å². The summed E-state index contributed by atoms with van der Waals surface area (Å²) in [6, 6.07) is 4.87. The average molecular weight is 485 g/mol. The zero-order valence-electron chi connectivity index (χ0n) is 20.1. The van der Waals surface area contributed by atoms with E-state index < -0.39 is 23.8 Å². The topological polar surface area (TPSA) is 151 Å². The number of nitriles is 1. The summed E-state index contributed by atoms with van der Waals surface area (Å²) < 4.78 is 12.9. The Bertz CT molecular complexity index is 1110. The van der Waals surface area contributed by atoms with E-state index in [4.69, 9.17) is 9.47 Å². The average Bonchev–Trinajstić information content (AvgIpc) is 3.40. The number of esters is 1. The van der Waals surface area contributed by atoms with Crippen LogP contribution in [0.15, 0.2) is 18.5 Å². The van der Waals surface area contributed by atoms with Crippen LogP contribution in [-0.2, 0) is 19.9 Å². The lowest BCUT2D eigenvalue weighted by molar-refractivity contribution is -0.150. The van der Waals surface area contributed by atoms with Gasteiger partial charge in [-0.3, -0.25) is 10.1 Å². The first-order valence-electron chi connectivity index (χ1n) is 12.2. The van der Waals surface area contributed by atoms with E-state index in [2.05, 4.69) is 26.8 Å². The second-order valence-electron chi connectivity index (χ2n) is 9.61. The highest BCUT2D eigenvalue weighted by atomic mass is 16.6. The molecule has 2 aromatic heterocycles. The van der Waals surface area contributed by atoms with Crippen LogP contribution >= 0.6 is 0 Å². The van der Waals surface area contributed by atoms with E-state index in [1.807, 2.05) is 13.8 Å². The Kier molecular flexibility index (Phi) is 7.52. The Hall–Kier alpha value is -3.23. The quantitative estimate of drug-likeness (QED) is 0.508. The van der Waals surface area contributed by atoms with E-state index in [1.165, 1.54) is 17.3 Å². The molecule has 0 spiro atoms. The van der Waals surface area contributed by atoms with Crippen LogP contribution in [0.2, 0.25) is 0 Å². The van der Waals surface area contributed by atoms with Crippen molar-refractivity contribution in [2.75, 3.05) is 11.9 Å². The molecular formula is C24H32N6O5. The summed E-state index contributed by atoms with van der Waals surface area (Å²) in [5.74, 6) is 0.334. The SMILES string of the molecule is CC(C)NC(=O)Nc1ncnn2c([C@]3(C#N)O[C@@H](COC(=O)CC4CCCCC4)C[C@H]3O)ccc12. The Morgan fingerprint density at radius 3 is 2.83 bits per heavy atom. The number of aliphatic hydroxyl groups is 1. The van der Waals surface area contributed by atoms with Gasteiger partial charge in [0.2, 0.25) is 5.60 Å². The summed E-state index contributed by atoms with van der Waals surface area (Å²) in [7, 11) is 0. The molecule has 3 atom stereocenters. The van der Waals surface area contributed by atoms with E-state index in [-0.39, 0.29) is 30.9 Å². The lowest BCUT2D eigenvalue weighted by atomic mass is 9.87. The molecular weight excluding hydrogens is 452 g/mol. The number of aliphatic hydroxyl groups excluding tert-OH is 1. The normalized spacial score (nSPS) is 24.9. The monoisotopic (exact) mass is 484 g/mol. The molecule has 2 amide bonds. The van der Waals surface area contributed by atoms with E-state index >= 15 is 0 Å². The van der Waals surface area contributed by atoms with Gasteiger partial charge in [-0.15, -0.1) is 0 Å². The van der Waals surface area contributed by atoms with E-state index in [9.17, 15) is 20.0 Å². The minimum absolute atomic E-state index is 0.0352. The molecule has 3 heterocycles. The van der Waals surface area contributed by atoms with Crippen molar-refractivity contribution in [2.24, 2.45) is 5.92 Å². The number of fused-ring (bicyclic) bond motifs is 1. The van der Waals surface area contributed by atoms with Crippen molar-refractivity contribution in [1.29, 1.82) is 5.26 Å². The summed E-state index contributed by atoms with van der Waals surface area (Å²) >= 11 is 0. The molecule has 2 fully saturated rings. The van der Waals surface area contributed by atoms with Crippen LogP contribution in [0.3, 0.4) is 0 Å². The minimum Gasteiger partial charge on any atom is -0.463 e. The first-order valence-corrected chi connectivity index (χ1v) is 12.2. The highest BCUT2D eigenvalue weighted by Gasteiger charge is 2.52. The number of amides is 2. The Morgan fingerprint density at radius 2 is 2.11 bits per heavy atom. The smallest absolute Gasteiger partial charge is 0.320 e. The van der Waals surface area contributed by atoms with Gasteiger partial charge >= 0.3 is 12.0 Å². The van der Waals surface area contributed by atoms with Gasteiger partial charge in [-0.2, -0.15) is 10.4 Å². The van der Waals surface area contributed by atoms with Crippen molar-refractivity contribution in [3.63, 3.8) is 0 Å². The van der Waals surface area contributed by atoms with Gasteiger partial charge in [-0.25, -0.2) is 14.3 Å². The second kappa shape index (κ2) is 10.6. The fourth-order valence-corrected chi connectivity index (χ4v) is 4.88. The highest BCUT2D eigenvalue weighted by Crippen LogP contribution is 2.40. The van der Waals surface area contributed by atoms with Crippen LogP contribution in [0.4, 0.5) is 10.6 Å². The summed E-state index contributed by atoms with van der Waals surface area (Å²) in [5, 5.41) is 30.5. The number of anilines is 1. The van der Waals surface area contributed by atoms with Crippen LogP contribution in [-0.4, -0.2) is 56.6 Å². The predicted octanol–water partition coefficient (Wildman–Crippen LogP) is 2.64. The zero-order chi connectivity index (χ0) is 25.0. The van der Waals surface area contributed by atoms with Gasteiger partial charge in [0.25, 0.3) is 0 Å². The summed E-state index contributed by atoms with van der Waals surface area (Å²) in [6.07, 6.45) is 5.57. The molecule has 1 saturated carbocycles. The van der Waals surface area contributed by atoms with Crippen molar-refractivity contribution in [3.05, 3.63) is 24.2 Å². The summed E-state index contributed by atoms with van der Waals surface area (Å²) in [4.78, 5) is 28.6. The Morgan fingerprint density at radius 1 is 1.34 bits per heavy atom. The molecule has 0 unspecified atom stereocenters. The summed E-state index contributed by atoms with van der Waals surface area (Å²) in [6.45, 7) is 3.64. The van der Waals surface area contributed by atoms with Crippen LogP contribution < -0.4 is 10.6 Å². The Labute approximate surface area is 203 Å². The molecule has 0 aromatic carbocycles. The maximum absolute atomic E-state index is 12.3. The fourth-order valence-electron chi connectivity index (χ4n) is 4.88. The molecule has 3 N–H and O–H groups in total. The van der Waals surface area contributed by atoms with Crippen LogP contribution in [0.5, 0.6) is 0 Å². The molecule has 4 rings (SSSR count). The number of aromatic nitrogens is 3. The standard InChI is InChI=1S/C24H32N6O5/c1-15(2)28-23(33)29-22-18-8-9-19(30(18)27-14-26-22)24(13-25)20(31)11-17(35-24)12-34-21(32)10-16-6-4-3-5-7-16/h8-9,14-17,20,31H,3-7,10-12H2,1-2H3,(H2,26,27,28,29,33)/t17-,20-,24+/m1/s1. The van der Waals surface area contributed by atoms with Crippen LogP contribution in [0, 0.1) is 17.2 Å². The molecule has 0 radical (unpaired) electrons. The van der Waals surface area contributed by atoms with Gasteiger partial charge in [-0.05, 0) is 44.7 Å². The van der Waals surface area contributed by atoms with Gasteiger partial charge in [0.05, 0.1) is 11.8 Å². The third-order valence-electron chi connectivity index (χ3n) is 6.57. The zero-order valence-corrected chi connectivity index (χ0v) is 20.1. The van der Waals surface area contributed by atoms with E-state index in [0.29, 0.717) is 23.5 Å². The lowest BCUT2D eigenvalue weighted by Crippen LogP contribution is -2.37. The van der Waals surface area contributed by atoms with E-state index in [1.54, 1.807) is 12.1 Å². The number of ether oxygens (including phenoxy) is 2. The maximum Gasteiger partial charge on any atom is 0.320 e. The predicted molar refractivity (Wildman–Crippen MR) is 125 cm³/mol. The van der Waals surface area contributed by atoms with Crippen molar-refractivity contribution in [1.82, 2.24) is 19.9 Å². The van der Waals surface area contributed by atoms with Gasteiger partial charge in [-0.1, -0.05) is 19.3 Å². The van der Waals surface area contributed by atoms with Gasteiger partial charge < -0.3 is 19.9 Å². The number of urea groups is 1. The van der Waals surface area contributed by atoms with E-state index in [0.717, 1.165) is 25.7 Å². The molecule has 2 aromatic rings. The number of carbonyl (C=O) groups excluding carboxylic acids is 2. The van der Waals surface area contributed by atoms with Crippen molar-refractivity contribution in [3.8, 4) is 6.07 Å². The largest absolute Gasteiger partial charge is 0.463 e. The first-order chi connectivity index (χ1) is 16.8. The molecule has 11 nitrogen and oxygen atoms in total. The number of rotatable bonds is 7. The molecule has 1 saturated heterocycles. The number of hydrogen-bond acceptors (Lipinski definition) is 8. The number of hydrogen-bond donors (Lipinski definition) is 3. The molecule has 1 aliphatic carbocycles. The van der Waals surface area contributed by atoms with Crippen molar-refractivity contribution < 1.29 is 24.2 Å². The third kappa shape index (κ3) is 5.39. The molecule has 11 heteroatoms. The maximum atomic E-state index is 12.3. The van der Waals surface area contributed by atoms with Crippen molar-refractivity contribution >= 4 is 23.3 Å². The Balaban J connectivity index is 1.46. The molecule has 0 bridgehead atoms. The first kappa shape index (κ1) is 24.9. The second-order valence-corrected chi connectivity index (χ2v) is 9.61. The molecule has 2 aliphatic rings. The number of nitrogens with one attached hydrogen (secondary N) is 2. The molecule has 1 aliphatic heterocycles. The van der Waals surface area contributed by atoms with Gasteiger partial charge in [0, 0.05) is 18.9 Å². The lowest BCUT2D eigenvalue weighted by Gasteiger charge is -2.24. The molecule has 35 heavy (non-hydrogen) atoms. The number of carbonyl (C=O) groups is 2. The van der Waals surface area contributed by atoms with Crippen molar-refractivity contribution in [2.45, 2.75) is 82.6 Å².